The first-order valence-corrected chi connectivity index (χ1v) is 7.73. The van der Waals surface area contributed by atoms with Crippen molar-refractivity contribution in [3.8, 4) is 5.75 Å². The highest BCUT2D eigenvalue weighted by Gasteiger charge is 2.04. The summed E-state index contributed by atoms with van der Waals surface area (Å²) in [6, 6.07) is 12.6. The molecule has 2 N–H and O–H groups in total. The van der Waals surface area contributed by atoms with E-state index in [0.717, 1.165) is 11.1 Å². The standard InChI is InChI=1S/C17H17F3N2OS/c18-14-5-1-13(2-6-14)11-22-17(24)21-10-9-12-3-7-15(8-4-12)23-16(19)20/h1-8,16H,9-11H2,(H2,21,22,24). The molecule has 0 atom stereocenters. The minimum atomic E-state index is -2.82. The Morgan fingerprint density at radius 3 is 2.21 bits per heavy atom. The second-order valence-electron chi connectivity index (χ2n) is 5.01. The van der Waals surface area contributed by atoms with Gasteiger partial charge in [0.05, 0.1) is 0 Å². The number of halogens is 3. The van der Waals surface area contributed by atoms with Crippen LogP contribution in [0.25, 0.3) is 0 Å². The molecule has 0 saturated heterocycles. The maximum Gasteiger partial charge on any atom is 0.387 e. The Balaban J connectivity index is 1.67. The fourth-order valence-electron chi connectivity index (χ4n) is 2.01. The number of nitrogens with one attached hydrogen (secondary N) is 2. The largest absolute Gasteiger partial charge is 0.435 e. The molecule has 0 aromatic heterocycles. The number of rotatable bonds is 7. The van der Waals surface area contributed by atoms with Gasteiger partial charge in [0.2, 0.25) is 0 Å². The van der Waals surface area contributed by atoms with Crippen LogP contribution in [0.1, 0.15) is 11.1 Å². The first-order valence-electron chi connectivity index (χ1n) is 7.33. The van der Waals surface area contributed by atoms with E-state index in [-0.39, 0.29) is 11.6 Å². The molecule has 0 heterocycles. The molecule has 0 spiro atoms. The molecular formula is C17H17F3N2OS. The van der Waals surface area contributed by atoms with Gasteiger partial charge >= 0.3 is 6.61 Å². The van der Waals surface area contributed by atoms with Crippen molar-refractivity contribution in [2.75, 3.05) is 6.54 Å². The molecule has 2 rings (SSSR count). The molecule has 24 heavy (non-hydrogen) atoms. The second-order valence-corrected chi connectivity index (χ2v) is 5.42. The number of benzene rings is 2. The van der Waals surface area contributed by atoms with E-state index >= 15 is 0 Å². The van der Waals surface area contributed by atoms with Crippen molar-refractivity contribution in [1.29, 1.82) is 0 Å². The van der Waals surface area contributed by atoms with E-state index in [1.165, 1.54) is 24.3 Å². The molecule has 128 valence electrons. The molecule has 0 bridgehead atoms. The van der Waals surface area contributed by atoms with Crippen molar-refractivity contribution in [2.45, 2.75) is 19.6 Å². The third-order valence-corrected chi connectivity index (χ3v) is 3.50. The van der Waals surface area contributed by atoms with Crippen molar-refractivity contribution in [3.05, 3.63) is 65.5 Å². The third kappa shape index (κ3) is 6.45. The summed E-state index contributed by atoms with van der Waals surface area (Å²) >= 11 is 5.16. The van der Waals surface area contributed by atoms with Gasteiger partial charge in [0.25, 0.3) is 0 Å². The van der Waals surface area contributed by atoms with Crippen LogP contribution in [0.5, 0.6) is 5.75 Å². The molecule has 3 nitrogen and oxygen atoms in total. The van der Waals surface area contributed by atoms with E-state index in [1.807, 2.05) is 0 Å². The molecule has 0 saturated carbocycles. The van der Waals surface area contributed by atoms with Crippen LogP contribution in [-0.4, -0.2) is 18.3 Å². The first-order chi connectivity index (χ1) is 11.5. The van der Waals surface area contributed by atoms with E-state index in [9.17, 15) is 13.2 Å². The van der Waals surface area contributed by atoms with Crippen LogP contribution in [0.15, 0.2) is 48.5 Å². The zero-order valence-electron chi connectivity index (χ0n) is 12.8. The molecular weight excluding hydrogens is 337 g/mol. The lowest BCUT2D eigenvalue weighted by Crippen LogP contribution is -2.35. The topological polar surface area (TPSA) is 33.3 Å². The molecule has 0 fully saturated rings. The molecule has 2 aromatic carbocycles. The zero-order chi connectivity index (χ0) is 17.4. The lowest BCUT2D eigenvalue weighted by atomic mass is 10.1. The summed E-state index contributed by atoms with van der Waals surface area (Å²) in [5.41, 5.74) is 1.90. The van der Waals surface area contributed by atoms with E-state index < -0.39 is 6.61 Å². The Labute approximate surface area is 143 Å². The molecule has 0 aliphatic rings. The molecule has 0 radical (unpaired) electrons. The van der Waals surface area contributed by atoms with Gasteiger partial charge in [-0.05, 0) is 54.0 Å². The number of ether oxygens (including phenoxy) is 1. The number of alkyl halides is 2. The average molecular weight is 354 g/mol. The summed E-state index contributed by atoms with van der Waals surface area (Å²) in [6.07, 6.45) is 0.688. The Morgan fingerprint density at radius 1 is 0.958 bits per heavy atom. The van der Waals surface area contributed by atoms with E-state index in [1.54, 1.807) is 24.3 Å². The van der Waals surface area contributed by atoms with Crippen molar-refractivity contribution < 1.29 is 17.9 Å². The van der Waals surface area contributed by atoms with Gasteiger partial charge in [0.1, 0.15) is 11.6 Å². The van der Waals surface area contributed by atoms with Gasteiger partial charge in [-0.3, -0.25) is 0 Å². The zero-order valence-corrected chi connectivity index (χ0v) is 13.6. The highest BCUT2D eigenvalue weighted by Crippen LogP contribution is 2.14. The Bertz CT molecular complexity index is 648. The lowest BCUT2D eigenvalue weighted by Gasteiger charge is -2.11. The normalized spacial score (nSPS) is 10.5. The highest BCUT2D eigenvalue weighted by atomic mass is 32.1. The smallest absolute Gasteiger partial charge is 0.387 e. The van der Waals surface area contributed by atoms with Gasteiger partial charge in [-0.15, -0.1) is 0 Å². The predicted molar refractivity (Wildman–Crippen MR) is 90.6 cm³/mol. The quantitative estimate of drug-likeness (QED) is 0.744. The maximum absolute atomic E-state index is 12.8. The summed E-state index contributed by atoms with van der Waals surface area (Å²) in [7, 11) is 0. The van der Waals surface area contributed by atoms with Gasteiger partial charge in [0.15, 0.2) is 5.11 Å². The Morgan fingerprint density at radius 2 is 1.58 bits per heavy atom. The van der Waals surface area contributed by atoms with E-state index in [4.69, 9.17) is 12.2 Å². The van der Waals surface area contributed by atoms with Crippen LogP contribution in [0, 0.1) is 5.82 Å². The van der Waals surface area contributed by atoms with Crippen molar-refractivity contribution >= 4 is 17.3 Å². The van der Waals surface area contributed by atoms with Gasteiger partial charge in [-0.1, -0.05) is 24.3 Å². The predicted octanol–water partition coefficient (Wildman–Crippen LogP) is 3.63. The molecule has 0 unspecified atom stereocenters. The number of thiocarbonyl (C=S) groups is 1. The fraction of sp³-hybridized carbons (Fsp3) is 0.235. The van der Waals surface area contributed by atoms with Crippen molar-refractivity contribution in [1.82, 2.24) is 10.6 Å². The van der Waals surface area contributed by atoms with Crippen LogP contribution in [-0.2, 0) is 13.0 Å². The van der Waals surface area contributed by atoms with Crippen molar-refractivity contribution in [2.24, 2.45) is 0 Å². The Kier molecular flexibility index (Phi) is 6.87. The van der Waals surface area contributed by atoms with Crippen LogP contribution in [0.4, 0.5) is 13.2 Å². The molecule has 7 heteroatoms. The van der Waals surface area contributed by atoms with Gasteiger partial charge in [-0.2, -0.15) is 8.78 Å². The first kappa shape index (κ1) is 18.1. The van der Waals surface area contributed by atoms with Gasteiger partial charge < -0.3 is 15.4 Å². The van der Waals surface area contributed by atoms with Crippen LogP contribution < -0.4 is 15.4 Å². The van der Waals surface area contributed by atoms with E-state index in [0.29, 0.717) is 24.6 Å². The SMILES string of the molecule is Fc1ccc(CNC(=S)NCCc2ccc(OC(F)F)cc2)cc1. The molecule has 0 aliphatic heterocycles. The summed E-state index contributed by atoms with van der Waals surface area (Å²) in [5, 5.41) is 6.58. The second kappa shape index (κ2) is 9.12. The summed E-state index contributed by atoms with van der Waals surface area (Å²) in [5.74, 6) is -0.136. The van der Waals surface area contributed by atoms with E-state index in [2.05, 4.69) is 15.4 Å². The van der Waals surface area contributed by atoms with Crippen LogP contribution in [0.3, 0.4) is 0 Å². The summed E-state index contributed by atoms with van der Waals surface area (Å²) in [4.78, 5) is 0. The minimum absolute atomic E-state index is 0.137. The monoisotopic (exact) mass is 354 g/mol. The number of hydrogen-bond donors (Lipinski definition) is 2. The molecule has 2 aromatic rings. The summed E-state index contributed by atoms with van der Waals surface area (Å²) in [6.45, 7) is -1.71. The fourth-order valence-corrected chi connectivity index (χ4v) is 2.18. The van der Waals surface area contributed by atoms with Crippen LogP contribution >= 0.6 is 12.2 Å². The van der Waals surface area contributed by atoms with Crippen molar-refractivity contribution in [3.63, 3.8) is 0 Å². The van der Waals surface area contributed by atoms with Crippen LogP contribution in [0.2, 0.25) is 0 Å². The number of hydrogen-bond acceptors (Lipinski definition) is 2. The Hall–Kier alpha value is -2.28. The van der Waals surface area contributed by atoms with Gasteiger partial charge in [0, 0.05) is 13.1 Å². The van der Waals surface area contributed by atoms with Gasteiger partial charge in [-0.25, -0.2) is 4.39 Å². The molecule has 0 aliphatic carbocycles. The highest BCUT2D eigenvalue weighted by molar-refractivity contribution is 7.80. The average Bonchev–Trinajstić information content (AvgIpc) is 2.55. The third-order valence-electron chi connectivity index (χ3n) is 3.21. The maximum atomic E-state index is 12.8. The molecule has 0 amide bonds. The summed E-state index contributed by atoms with van der Waals surface area (Å²) < 4.78 is 41.2. The lowest BCUT2D eigenvalue weighted by molar-refractivity contribution is -0.0498. The minimum Gasteiger partial charge on any atom is -0.435 e.